The zero-order chi connectivity index (χ0) is 20.5. The van der Waals surface area contributed by atoms with E-state index in [4.69, 9.17) is 14.2 Å². The quantitative estimate of drug-likeness (QED) is 0.709. The zero-order valence-electron chi connectivity index (χ0n) is 15.9. The molecule has 0 aliphatic rings. The number of para-hydroxylation sites is 2. The van der Waals surface area contributed by atoms with Crippen molar-refractivity contribution in [3.8, 4) is 11.5 Å². The summed E-state index contributed by atoms with van der Waals surface area (Å²) in [6.45, 7) is 2.77. The van der Waals surface area contributed by atoms with E-state index in [1.54, 1.807) is 30.3 Å². The summed E-state index contributed by atoms with van der Waals surface area (Å²) >= 11 is 0. The van der Waals surface area contributed by atoms with E-state index in [1.807, 2.05) is 26.0 Å². The first-order valence-electron chi connectivity index (χ1n) is 8.48. The number of benzene rings is 2. The fourth-order valence-electron chi connectivity index (χ4n) is 2.33. The van der Waals surface area contributed by atoms with Crippen LogP contribution in [0.2, 0.25) is 0 Å². The van der Waals surface area contributed by atoms with E-state index in [0.29, 0.717) is 17.2 Å². The standard InChI is InChI=1S/C20H22N2O6/c1-13-8-9-15(14(2)10-13)21-20(25)22-18(23)11-28-19(24)12-27-17-7-5-4-6-16(17)26-3/h4-10H,11-12H2,1-3H3,(H2,21,22,23,25). The summed E-state index contributed by atoms with van der Waals surface area (Å²) < 4.78 is 15.2. The van der Waals surface area contributed by atoms with Gasteiger partial charge in [0, 0.05) is 5.69 Å². The van der Waals surface area contributed by atoms with Gasteiger partial charge in [-0.15, -0.1) is 0 Å². The van der Waals surface area contributed by atoms with E-state index in [2.05, 4.69) is 10.6 Å². The molecule has 0 aromatic heterocycles. The highest BCUT2D eigenvalue weighted by atomic mass is 16.6. The molecule has 28 heavy (non-hydrogen) atoms. The molecule has 0 aliphatic carbocycles. The number of nitrogens with one attached hydrogen (secondary N) is 2. The Kier molecular flexibility index (Phi) is 7.38. The highest BCUT2D eigenvalue weighted by Crippen LogP contribution is 2.25. The van der Waals surface area contributed by atoms with Gasteiger partial charge in [0.25, 0.3) is 5.91 Å². The molecule has 3 amide bonds. The molecular weight excluding hydrogens is 364 g/mol. The average molecular weight is 386 g/mol. The van der Waals surface area contributed by atoms with Crippen molar-refractivity contribution >= 4 is 23.6 Å². The van der Waals surface area contributed by atoms with Gasteiger partial charge in [-0.3, -0.25) is 10.1 Å². The third kappa shape index (κ3) is 6.31. The molecular formula is C20H22N2O6. The van der Waals surface area contributed by atoms with E-state index in [0.717, 1.165) is 11.1 Å². The lowest BCUT2D eigenvalue weighted by molar-refractivity contribution is -0.150. The number of hydrogen-bond donors (Lipinski definition) is 2. The minimum Gasteiger partial charge on any atom is -0.493 e. The van der Waals surface area contributed by atoms with Crippen molar-refractivity contribution in [2.75, 3.05) is 25.6 Å². The van der Waals surface area contributed by atoms with Crippen LogP contribution in [0.25, 0.3) is 0 Å². The van der Waals surface area contributed by atoms with Crippen molar-refractivity contribution < 1.29 is 28.6 Å². The fourth-order valence-corrected chi connectivity index (χ4v) is 2.33. The van der Waals surface area contributed by atoms with E-state index < -0.39 is 31.1 Å². The Morgan fingerprint density at radius 2 is 1.68 bits per heavy atom. The number of urea groups is 1. The molecule has 0 spiro atoms. The number of aryl methyl sites for hydroxylation is 2. The lowest BCUT2D eigenvalue weighted by atomic mass is 10.1. The SMILES string of the molecule is COc1ccccc1OCC(=O)OCC(=O)NC(=O)Nc1ccc(C)cc1C. The third-order valence-corrected chi connectivity index (χ3v) is 3.66. The van der Waals surface area contributed by atoms with Crippen LogP contribution in [0.3, 0.4) is 0 Å². The topological polar surface area (TPSA) is 103 Å². The Bertz CT molecular complexity index is 866. The fraction of sp³-hybridized carbons (Fsp3) is 0.250. The van der Waals surface area contributed by atoms with Crippen molar-refractivity contribution in [1.82, 2.24) is 5.32 Å². The molecule has 148 valence electrons. The van der Waals surface area contributed by atoms with Gasteiger partial charge in [-0.1, -0.05) is 29.8 Å². The van der Waals surface area contributed by atoms with Crippen LogP contribution in [0.5, 0.6) is 11.5 Å². The maximum atomic E-state index is 11.9. The second-order valence-corrected chi connectivity index (χ2v) is 5.92. The van der Waals surface area contributed by atoms with Gasteiger partial charge in [-0.2, -0.15) is 0 Å². The summed E-state index contributed by atoms with van der Waals surface area (Å²) in [4.78, 5) is 35.3. The molecule has 0 atom stereocenters. The van der Waals surface area contributed by atoms with Crippen molar-refractivity contribution in [2.45, 2.75) is 13.8 Å². The highest BCUT2D eigenvalue weighted by Gasteiger charge is 2.13. The van der Waals surface area contributed by atoms with Crippen LogP contribution in [0.15, 0.2) is 42.5 Å². The Morgan fingerprint density at radius 1 is 0.964 bits per heavy atom. The molecule has 0 fully saturated rings. The number of methoxy groups -OCH3 is 1. The van der Waals surface area contributed by atoms with Crippen molar-refractivity contribution in [3.63, 3.8) is 0 Å². The number of ether oxygens (including phenoxy) is 3. The third-order valence-electron chi connectivity index (χ3n) is 3.66. The summed E-state index contributed by atoms with van der Waals surface area (Å²) in [6.07, 6.45) is 0. The number of carbonyl (C=O) groups is 3. The minimum absolute atomic E-state index is 0.374. The summed E-state index contributed by atoms with van der Waals surface area (Å²) in [6, 6.07) is 11.6. The number of hydrogen-bond acceptors (Lipinski definition) is 6. The largest absolute Gasteiger partial charge is 0.493 e. The zero-order valence-corrected chi connectivity index (χ0v) is 15.9. The molecule has 0 aliphatic heterocycles. The van der Waals surface area contributed by atoms with Gasteiger partial charge in [0.1, 0.15) is 0 Å². The van der Waals surface area contributed by atoms with Gasteiger partial charge < -0.3 is 19.5 Å². The van der Waals surface area contributed by atoms with E-state index in [9.17, 15) is 14.4 Å². The number of rotatable bonds is 7. The molecule has 2 rings (SSSR count). The molecule has 0 saturated carbocycles. The maximum absolute atomic E-state index is 11.9. The molecule has 0 unspecified atom stereocenters. The molecule has 8 nitrogen and oxygen atoms in total. The number of imide groups is 1. The smallest absolute Gasteiger partial charge is 0.344 e. The predicted octanol–water partition coefficient (Wildman–Crippen LogP) is 2.58. The maximum Gasteiger partial charge on any atom is 0.344 e. The van der Waals surface area contributed by atoms with Gasteiger partial charge in [0.05, 0.1) is 7.11 Å². The summed E-state index contributed by atoms with van der Waals surface area (Å²) in [5.74, 6) is -0.667. The monoisotopic (exact) mass is 386 g/mol. The van der Waals surface area contributed by atoms with Crippen LogP contribution in [0, 0.1) is 13.8 Å². The van der Waals surface area contributed by atoms with Crippen LogP contribution in [-0.4, -0.2) is 38.2 Å². The van der Waals surface area contributed by atoms with Crippen LogP contribution in [0.4, 0.5) is 10.5 Å². The van der Waals surface area contributed by atoms with Crippen LogP contribution in [0.1, 0.15) is 11.1 Å². The predicted molar refractivity (Wildman–Crippen MR) is 103 cm³/mol. The van der Waals surface area contributed by atoms with Gasteiger partial charge in [0.15, 0.2) is 24.7 Å². The van der Waals surface area contributed by atoms with Crippen LogP contribution >= 0.6 is 0 Å². The van der Waals surface area contributed by atoms with Crippen molar-refractivity contribution in [3.05, 3.63) is 53.6 Å². The molecule has 2 aromatic rings. The van der Waals surface area contributed by atoms with E-state index in [-0.39, 0.29) is 0 Å². The first kappa shape index (κ1) is 20.8. The summed E-state index contributed by atoms with van der Waals surface area (Å²) in [7, 11) is 1.48. The Hall–Kier alpha value is -3.55. The Balaban J connectivity index is 1.73. The van der Waals surface area contributed by atoms with E-state index >= 15 is 0 Å². The van der Waals surface area contributed by atoms with Crippen molar-refractivity contribution in [2.24, 2.45) is 0 Å². The molecule has 0 bridgehead atoms. The normalized spacial score (nSPS) is 9.96. The van der Waals surface area contributed by atoms with Gasteiger partial charge in [0.2, 0.25) is 0 Å². The summed E-state index contributed by atoms with van der Waals surface area (Å²) in [5, 5.41) is 4.66. The molecule has 0 heterocycles. The van der Waals surface area contributed by atoms with Gasteiger partial charge in [-0.25, -0.2) is 9.59 Å². The summed E-state index contributed by atoms with van der Waals surface area (Å²) in [5.41, 5.74) is 2.50. The second-order valence-electron chi connectivity index (χ2n) is 5.92. The van der Waals surface area contributed by atoms with Gasteiger partial charge >= 0.3 is 12.0 Å². The van der Waals surface area contributed by atoms with E-state index in [1.165, 1.54) is 7.11 Å². The average Bonchev–Trinajstić information content (AvgIpc) is 2.67. The second kappa shape index (κ2) is 9.96. The number of carbonyl (C=O) groups excluding carboxylic acids is 3. The molecule has 2 N–H and O–H groups in total. The number of amides is 3. The van der Waals surface area contributed by atoms with Crippen molar-refractivity contribution in [1.29, 1.82) is 0 Å². The van der Waals surface area contributed by atoms with Crippen LogP contribution in [-0.2, 0) is 14.3 Å². The Morgan fingerprint density at radius 3 is 2.36 bits per heavy atom. The lowest BCUT2D eigenvalue weighted by Gasteiger charge is -2.11. The molecule has 8 heteroatoms. The molecule has 0 radical (unpaired) electrons. The lowest BCUT2D eigenvalue weighted by Crippen LogP contribution is -2.37. The highest BCUT2D eigenvalue weighted by molar-refractivity contribution is 6.02. The first-order valence-corrected chi connectivity index (χ1v) is 8.48. The molecule has 0 saturated heterocycles. The first-order chi connectivity index (χ1) is 13.4. The van der Waals surface area contributed by atoms with Gasteiger partial charge in [-0.05, 0) is 37.6 Å². The number of anilines is 1. The molecule has 2 aromatic carbocycles. The number of esters is 1. The Labute approximate surface area is 162 Å². The van der Waals surface area contributed by atoms with Crippen LogP contribution < -0.4 is 20.1 Å². The minimum atomic E-state index is -0.757.